The maximum absolute atomic E-state index is 11.8. The van der Waals surface area contributed by atoms with Crippen LogP contribution in [0.4, 0.5) is 0 Å². The smallest absolute Gasteiger partial charge is 0.286 e. The molecule has 5 nitrogen and oxygen atoms in total. The Morgan fingerprint density at radius 1 is 1.50 bits per heavy atom. The second-order valence-corrected chi connectivity index (χ2v) is 3.70. The summed E-state index contributed by atoms with van der Waals surface area (Å²) in [6, 6.07) is 6.91. The van der Waals surface area contributed by atoms with Crippen molar-refractivity contribution >= 4 is 17.4 Å². The molecule has 1 aromatic heterocycles. The van der Waals surface area contributed by atoms with E-state index in [1.807, 2.05) is 0 Å². The first-order valence-electron chi connectivity index (χ1n) is 4.63. The van der Waals surface area contributed by atoms with Crippen LogP contribution in [0.25, 0.3) is 0 Å². The molecule has 2 rings (SSSR count). The van der Waals surface area contributed by atoms with Crippen LogP contribution in [0.1, 0.15) is 10.4 Å². The molecule has 1 heterocycles. The van der Waals surface area contributed by atoms with Gasteiger partial charge in [-0.05, 0) is 12.1 Å². The minimum absolute atomic E-state index is 0.102. The molecule has 1 aromatic carbocycles. The van der Waals surface area contributed by atoms with Crippen molar-refractivity contribution in [3.8, 4) is 0 Å². The van der Waals surface area contributed by atoms with Gasteiger partial charge in [0.1, 0.15) is 0 Å². The van der Waals surface area contributed by atoms with Crippen LogP contribution in [0.5, 0.6) is 0 Å². The topological polar surface area (TPSA) is 64.8 Å². The predicted octanol–water partition coefficient (Wildman–Crippen LogP) is 0.421. The molecule has 0 aliphatic carbocycles. The number of carbonyl (C=O) groups is 1. The van der Waals surface area contributed by atoms with Crippen molar-refractivity contribution in [3.63, 3.8) is 0 Å². The number of nitrogens with two attached hydrogens (primary N) is 1. The molecule has 0 spiro atoms. The highest BCUT2D eigenvalue weighted by Crippen LogP contribution is 2.15. The summed E-state index contributed by atoms with van der Waals surface area (Å²) in [6.07, 6.45) is 2.94. The summed E-state index contributed by atoms with van der Waals surface area (Å²) in [4.78, 5) is 11.8. The summed E-state index contributed by atoms with van der Waals surface area (Å²) in [5, 5.41) is 4.35. The molecule has 0 atom stereocenters. The fourth-order valence-electron chi connectivity index (χ4n) is 1.34. The van der Waals surface area contributed by atoms with Crippen molar-refractivity contribution < 1.29 is 9.47 Å². The summed E-state index contributed by atoms with van der Waals surface area (Å²) in [6.45, 7) is 0.119. The van der Waals surface area contributed by atoms with E-state index in [9.17, 15) is 4.79 Å². The second kappa shape index (κ2) is 4.32. The van der Waals surface area contributed by atoms with Crippen LogP contribution >= 0.6 is 11.6 Å². The molecule has 0 amide bonds. The Labute approximate surface area is 97.0 Å². The third-order valence-corrected chi connectivity index (χ3v) is 2.41. The van der Waals surface area contributed by atoms with Crippen molar-refractivity contribution in [2.75, 3.05) is 5.84 Å². The highest BCUT2D eigenvalue weighted by molar-refractivity contribution is 6.33. The average Bonchev–Trinajstić information content (AvgIpc) is 2.64. The minimum Gasteiger partial charge on any atom is -0.290 e. The fraction of sp³-hybridized carbons (Fsp3) is 0.100. The molecule has 0 bridgehead atoms. The summed E-state index contributed by atoms with van der Waals surface area (Å²) in [5.74, 6) is 5.32. The van der Waals surface area contributed by atoms with Gasteiger partial charge in [-0.25, -0.2) is 0 Å². The van der Waals surface area contributed by atoms with Crippen molar-refractivity contribution in [2.24, 2.45) is 0 Å². The quantitative estimate of drug-likeness (QED) is 0.478. The van der Waals surface area contributed by atoms with E-state index in [1.54, 1.807) is 24.3 Å². The first-order chi connectivity index (χ1) is 7.66. The van der Waals surface area contributed by atoms with Gasteiger partial charge < -0.3 is 0 Å². The van der Waals surface area contributed by atoms with Gasteiger partial charge in [-0.2, -0.15) is 0 Å². The van der Waals surface area contributed by atoms with E-state index in [1.165, 1.54) is 22.0 Å². The predicted molar refractivity (Wildman–Crippen MR) is 58.4 cm³/mol. The monoisotopic (exact) mass is 237 g/mol. The lowest BCUT2D eigenvalue weighted by Crippen LogP contribution is -2.42. The minimum atomic E-state index is -0.102. The highest BCUT2D eigenvalue weighted by Gasteiger charge is 2.14. The number of aromatic nitrogens is 3. The molecule has 2 aromatic rings. The van der Waals surface area contributed by atoms with Gasteiger partial charge in [-0.15, -0.1) is 9.36 Å². The maximum Gasteiger partial charge on any atom is 0.286 e. The molecule has 0 fully saturated rings. The fourth-order valence-corrected chi connectivity index (χ4v) is 1.58. The molecule has 16 heavy (non-hydrogen) atoms. The first-order valence-corrected chi connectivity index (χ1v) is 5.01. The zero-order chi connectivity index (χ0) is 11.5. The van der Waals surface area contributed by atoms with E-state index in [4.69, 9.17) is 17.4 Å². The summed E-state index contributed by atoms with van der Waals surface area (Å²) < 4.78 is 2.73. The normalized spacial score (nSPS) is 10.3. The van der Waals surface area contributed by atoms with Crippen molar-refractivity contribution in [1.82, 2.24) is 9.78 Å². The van der Waals surface area contributed by atoms with Gasteiger partial charge in [-0.3, -0.25) is 10.6 Å². The van der Waals surface area contributed by atoms with Gasteiger partial charge in [0, 0.05) is 10.7 Å². The number of hydrogen-bond acceptors (Lipinski definition) is 3. The summed E-state index contributed by atoms with van der Waals surface area (Å²) in [7, 11) is 0. The number of benzene rings is 1. The average molecular weight is 238 g/mol. The Kier molecular flexibility index (Phi) is 2.87. The molecule has 0 aliphatic heterocycles. The van der Waals surface area contributed by atoms with Crippen LogP contribution in [0, 0.1) is 0 Å². The Morgan fingerprint density at radius 3 is 2.88 bits per heavy atom. The molecule has 0 saturated heterocycles. The van der Waals surface area contributed by atoms with Gasteiger partial charge >= 0.3 is 0 Å². The lowest BCUT2D eigenvalue weighted by molar-refractivity contribution is -0.639. The maximum atomic E-state index is 11.8. The third kappa shape index (κ3) is 2.20. The van der Waals surface area contributed by atoms with E-state index in [2.05, 4.69) is 5.10 Å². The molecule has 2 N–H and O–H groups in total. The van der Waals surface area contributed by atoms with Crippen LogP contribution < -0.4 is 10.5 Å². The second-order valence-electron chi connectivity index (χ2n) is 3.29. The number of rotatable bonds is 3. The van der Waals surface area contributed by atoms with Crippen molar-refractivity contribution in [3.05, 3.63) is 47.5 Å². The zero-order valence-corrected chi connectivity index (χ0v) is 9.13. The molecule has 0 unspecified atom stereocenters. The van der Waals surface area contributed by atoms with E-state index >= 15 is 0 Å². The molecule has 0 saturated carbocycles. The van der Waals surface area contributed by atoms with E-state index < -0.39 is 0 Å². The molecular formula is C10H10ClN4O+. The third-order valence-electron chi connectivity index (χ3n) is 2.08. The molecular weight excluding hydrogens is 228 g/mol. The van der Waals surface area contributed by atoms with Crippen LogP contribution in [0.2, 0.25) is 5.02 Å². The summed E-state index contributed by atoms with van der Waals surface area (Å²) in [5.41, 5.74) is 0.489. The Morgan fingerprint density at radius 2 is 2.25 bits per heavy atom. The lowest BCUT2D eigenvalue weighted by Gasteiger charge is -1.99. The van der Waals surface area contributed by atoms with Crippen LogP contribution in [0.15, 0.2) is 36.9 Å². The van der Waals surface area contributed by atoms with E-state index in [-0.39, 0.29) is 12.3 Å². The number of hydrogen-bond donors (Lipinski definition) is 1. The Hall–Kier alpha value is -1.88. The van der Waals surface area contributed by atoms with Gasteiger partial charge in [-0.1, -0.05) is 23.7 Å². The number of nitrogens with zero attached hydrogens (tertiary/aromatic N) is 3. The van der Waals surface area contributed by atoms with Gasteiger partial charge in [0.15, 0.2) is 6.54 Å². The molecule has 0 radical (unpaired) electrons. The van der Waals surface area contributed by atoms with E-state index in [0.29, 0.717) is 10.6 Å². The van der Waals surface area contributed by atoms with Crippen molar-refractivity contribution in [1.29, 1.82) is 0 Å². The van der Waals surface area contributed by atoms with Crippen molar-refractivity contribution in [2.45, 2.75) is 6.54 Å². The first kappa shape index (κ1) is 10.6. The molecule has 0 aliphatic rings. The number of ketones is 1. The van der Waals surface area contributed by atoms with Crippen LogP contribution in [0.3, 0.4) is 0 Å². The van der Waals surface area contributed by atoms with Crippen LogP contribution in [-0.4, -0.2) is 15.6 Å². The number of halogens is 1. The van der Waals surface area contributed by atoms with E-state index in [0.717, 1.165) is 0 Å². The number of Topliss-reactive ketones (excluding diaryl/α,β-unsaturated/α-hetero) is 1. The lowest BCUT2D eigenvalue weighted by atomic mass is 10.1. The largest absolute Gasteiger partial charge is 0.290 e. The Balaban J connectivity index is 2.18. The molecule has 6 heteroatoms. The highest BCUT2D eigenvalue weighted by atomic mass is 35.5. The SMILES string of the molecule is N[n+]1cnn(CC(=O)c2ccccc2Cl)c1. The van der Waals surface area contributed by atoms with Gasteiger partial charge in [0.2, 0.25) is 12.1 Å². The Bertz CT molecular complexity index is 523. The number of nitrogen functional groups attached to an aromatic ring is 1. The number of carbonyl (C=O) groups excluding carboxylic acids is 1. The molecule has 82 valence electrons. The van der Waals surface area contributed by atoms with Crippen LogP contribution in [-0.2, 0) is 6.54 Å². The zero-order valence-electron chi connectivity index (χ0n) is 8.38. The standard InChI is InChI=1S/C10H10ClN4O/c11-9-4-2-1-3-8(9)10(16)5-15-7-14(12)6-13-15/h1-4,6-7H,5,12H2/q+1. The van der Waals surface area contributed by atoms with Gasteiger partial charge in [0.05, 0.1) is 5.02 Å². The summed E-state index contributed by atoms with van der Waals surface area (Å²) >= 11 is 5.91. The van der Waals surface area contributed by atoms with Gasteiger partial charge in [0.25, 0.3) is 6.33 Å².